The van der Waals surface area contributed by atoms with Gasteiger partial charge in [-0.2, -0.15) is 0 Å². The van der Waals surface area contributed by atoms with Crippen molar-refractivity contribution in [3.05, 3.63) is 35.9 Å². The summed E-state index contributed by atoms with van der Waals surface area (Å²) in [5.74, 6) is -1.27. The molecule has 1 rings (SSSR count). The van der Waals surface area contributed by atoms with Crippen LogP contribution in [0.25, 0.3) is 0 Å². The number of carbonyl (C=O) groups excluding carboxylic acids is 1. The number of carboxylic acids is 1. The van der Waals surface area contributed by atoms with Crippen LogP contribution in [0.3, 0.4) is 0 Å². The summed E-state index contributed by atoms with van der Waals surface area (Å²) in [6.45, 7) is 3.69. The second-order valence-electron chi connectivity index (χ2n) is 4.90. The maximum atomic E-state index is 12.3. The van der Waals surface area contributed by atoms with Gasteiger partial charge in [0.25, 0.3) is 0 Å². The summed E-state index contributed by atoms with van der Waals surface area (Å²) >= 11 is 0. The van der Waals surface area contributed by atoms with Crippen LogP contribution in [0.15, 0.2) is 30.3 Å². The molecular formula is C15H22N2O3. The molecule has 0 aliphatic heterocycles. The van der Waals surface area contributed by atoms with Gasteiger partial charge in [0.1, 0.15) is 0 Å². The van der Waals surface area contributed by atoms with Crippen LogP contribution in [0.4, 0.5) is 0 Å². The van der Waals surface area contributed by atoms with Crippen molar-refractivity contribution in [2.45, 2.75) is 44.7 Å². The number of benzene rings is 1. The van der Waals surface area contributed by atoms with Gasteiger partial charge in [0.15, 0.2) is 0 Å². The summed E-state index contributed by atoms with van der Waals surface area (Å²) in [6.07, 6.45) is 0.840. The van der Waals surface area contributed by atoms with Crippen LogP contribution >= 0.6 is 0 Å². The van der Waals surface area contributed by atoms with E-state index >= 15 is 0 Å². The van der Waals surface area contributed by atoms with Crippen LogP contribution in [0, 0.1) is 0 Å². The number of carboxylic acid groups (broad SMARTS) is 1. The zero-order chi connectivity index (χ0) is 15.2. The van der Waals surface area contributed by atoms with Crippen LogP contribution in [-0.2, 0) is 9.59 Å². The van der Waals surface area contributed by atoms with Gasteiger partial charge in [-0.05, 0) is 18.4 Å². The Balaban J connectivity index is 2.91. The van der Waals surface area contributed by atoms with E-state index < -0.39 is 17.6 Å². The number of carbonyl (C=O) groups is 2. The second-order valence-corrected chi connectivity index (χ2v) is 4.90. The number of nitrogens with one attached hydrogen (secondary N) is 1. The number of amides is 1. The first-order valence-corrected chi connectivity index (χ1v) is 6.79. The van der Waals surface area contributed by atoms with Gasteiger partial charge in [-0.25, -0.2) is 0 Å². The van der Waals surface area contributed by atoms with Crippen molar-refractivity contribution in [2.75, 3.05) is 0 Å². The highest BCUT2D eigenvalue weighted by Crippen LogP contribution is 2.19. The lowest BCUT2D eigenvalue weighted by molar-refractivity contribution is -0.138. The van der Waals surface area contributed by atoms with Gasteiger partial charge in [-0.15, -0.1) is 0 Å². The first-order chi connectivity index (χ1) is 9.42. The van der Waals surface area contributed by atoms with Crippen molar-refractivity contribution in [3.63, 3.8) is 0 Å². The third-order valence-electron chi connectivity index (χ3n) is 3.60. The van der Waals surface area contributed by atoms with Gasteiger partial charge >= 0.3 is 5.97 Å². The molecule has 1 amide bonds. The first kappa shape index (κ1) is 16.2. The Bertz CT molecular complexity index is 455. The molecular weight excluding hydrogens is 256 g/mol. The van der Waals surface area contributed by atoms with Crippen LogP contribution in [0.5, 0.6) is 0 Å². The third-order valence-corrected chi connectivity index (χ3v) is 3.60. The Hall–Kier alpha value is -1.88. The summed E-state index contributed by atoms with van der Waals surface area (Å²) in [6, 6.07) is 8.49. The van der Waals surface area contributed by atoms with Gasteiger partial charge in [0, 0.05) is 0 Å². The molecule has 4 N–H and O–H groups in total. The SMILES string of the molecule is CCC(N)(CC)C(=O)NC(CC(=O)O)c1ccccc1. The van der Waals surface area contributed by atoms with E-state index in [-0.39, 0.29) is 12.3 Å². The number of hydrogen-bond donors (Lipinski definition) is 3. The van der Waals surface area contributed by atoms with Crippen molar-refractivity contribution < 1.29 is 14.7 Å². The van der Waals surface area contributed by atoms with Crippen LogP contribution < -0.4 is 11.1 Å². The van der Waals surface area contributed by atoms with Crippen molar-refractivity contribution in [1.82, 2.24) is 5.32 Å². The van der Waals surface area contributed by atoms with E-state index in [1.54, 1.807) is 12.1 Å². The molecule has 20 heavy (non-hydrogen) atoms. The third kappa shape index (κ3) is 4.06. The molecule has 1 unspecified atom stereocenters. The molecule has 5 heteroatoms. The topological polar surface area (TPSA) is 92.4 Å². The van der Waals surface area contributed by atoms with Crippen LogP contribution in [-0.4, -0.2) is 22.5 Å². The van der Waals surface area contributed by atoms with Gasteiger partial charge in [-0.1, -0.05) is 44.2 Å². The van der Waals surface area contributed by atoms with E-state index in [0.29, 0.717) is 12.8 Å². The number of nitrogens with two attached hydrogens (primary N) is 1. The van der Waals surface area contributed by atoms with Crippen LogP contribution in [0.1, 0.15) is 44.7 Å². The standard InChI is InChI=1S/C15H22N2O3/c1-3-15(16,4-2)14(20)17-12(10-13(18)19)11-8-6-5-7-9-11/h5-9,12H,3-4,10,16H2,1-2H3,(H,17,20)(H,18,19). The first-order valence-electron chi connectivity index (χ1n) is 6.79. The van der Waals surface area contributed by atoms with Crippen molar-refractivity contribution >= 4 is 11.9 Å². The summed E-state index contributed by atoms with van der Waals surface area (Å²) in [4.78, 5) is 23.2. The minimum absolute atomic E-state index is 0.167. The number of hydrogen-bond acceptors (Lipinski definition) is 3. The summed E-state index contributed by atoms with van der Waals surface area (Å²) < 4.78 is 0. The fourth-order valence-corrected chi connectivity index (χ4v) is 1.99. The highest BCUT2D eigenvalue weighted by Gasteiger charge is 2.32. The Kier molecular flexibility index (Phi) is 5.70. The highest BCUT2D eigenvalue weighted by molar-refractivity contribution is 5.86. The van der Waals surface area contributed by atoms with E-state index in [1.165, 1.54) is 0 Å². The average Bonchev–Trinajstić information content (AvgIpc) is 2.46. The molecule has 5 nitrogen and oxygen atoms in total. The molecule has 0 saturated heterocycles. The zero-order valence-electron chi connectivity index (χ0n) is 11.9. The quantitative estimate of drug-likeness (QED) is 0.709. The Morgan fingerprint density at radius 1 is 1.25 bits per heavy atom. The van der Waals surface area contributed by atoms with Crippen molar-refractivity contribution in [1.29, 1.82) is 0 Å². The predicted molar refractivity (Wildman–Crippen MR) is 77.1 cm³/mol. The minimum Gasteiger partial charge on any atom is -0.481 e. The molecule has 0 bridgehead atoms. The summed E-state index contributed by atoms with van der Waals surface area (Å²) in [7, 11) is 0. The lowest BCUT2D eigenvalue weighted by Gasteiger charge is -2.28. The largest absolute Gasteiger partial charge is 0.481 e. The summed E-state index contributed by atoms with van der Waals surface area (Å²) in [5, 5.41) is 11.8. The molecule has 110 valence electrons. The fraction of sp³-hybridized carbons (Fsp3) is 0.467. The van der Waals surface area contributed by atoms with Crippen LogP contribution in [0.2, 0.25) is 0 Å². The monoisotopic (exact) mass is 278 g/mol. The van der Waals surface area contributed by atoms with Gasteiger partial charge in [0.2, 0.25) is 5.91 Å². The normalized spacial score (nSPS) is 12.8. The maximum absolute atomic E-state index is 12.3. The molecule has 0 aliphatic carbocycles. The predicted octanol–water partition coefficient (Wildman–Crippen LogP) is 1.84. The lowest BCUT2D eigenvalue weighted by Crippen LogP contribution is -2.54. The molecule has 0 fully saturated rings. The van der Waals surface area contributed by atoms with Gasteiger partial charge in [-0.3, -0.25) is 9.59 Å². The lowest BCUT2D eigenvalue weighted by atomic mass is 9.92. The van der Waals surface area contributed by atoms with E-state index in [4.69, 9.17) is 10.8 Å². The molecule has 1 aromatic carbocycles. The molecule has 0 spiro atoms. The maximum Gasteiger partial charge on any atom is 0.305 e. The smallest absolute Gasteiger partial charge is 0.305 e. The molecule has 0 aromatic heterocycles. The molecule has 0 saturated carbocycles. The average molecular weight is 278 g/mol. The van der Waals surface area contributed by atoms with E-state index in [9.17, 15) is 9.59 Å². The number of aliphatic carboxylic acids is 1. The fourth-order valence-electron chi connectivity index (χ4n) is 1.99. The van der Waals surface area contributed by atoms with E-state index in [0.717, 1.165) is 5.56 Å². The minimum atomic E-state index is -0.963. The Morgan fingerprint density at radius 2 is 1.80 bits per heavy atom. The molecule has 1 atom stereocenters. The molecule has 1 aromatic rings. The zero-order valence-corrected chi connectivity index (χ0v) is 11.9. The van der Waals surface area contributed by atoms with Gasteiger partial charge < -0.3 is 16.2 Å². The molecule has 0 radical (unpaired) electrons. The summed E-state index contributed by atoms with van der Waals surface area (Å²) in [5.41, 5.74) is 5.85. The molecule has 0 heterocycles. The molecule has 0 aliphatic rings. The van der Waals surface area contributed by atoms with Crippen molar-refractivity contribution in [3.8, 4) is 0 Å². The van der Waals surface area contributed by atoms with Gasteiger partial charge in [0.05, 0.1) is 18.0 Å². The van der Waals surface area contributed by atoms with Crippen molar-refractivity contribution in [2.24, 2.45) is 5.73 Å². The van der Waals surface area contributed by atoms with E-state index in [1.807, 2.05) is 32.0 Å². The Labute approximate surface area is 119 Å². The Morgan fingerprint density at radius 3 is 2.25 bits per heavy atom. The highest BCUT2D eigenvalue weighted by atomic mass is 16.4. The second kappa shape index (κ2) is 7.05. The number of rotatable bonds is 7. The van der Waals surface area contributed by atoms with E-state index in [2.05, 4.69) is 5.32 Å².